The van der Waals surface area contributed by atoms with Crippen molar-refractivity contribution in [3.63, 3.8) is 0 Å². The zero-order chi connectivity index (χ0) is 21.3. The summed E-state index contributed by atoms with van der Waals surface area (Å²) >= 11 is 1.60. The zero-order valence-electron chi connectivity index (χ0n) is 16.6. The quantitative estimate of drug-likeness (QED) is 0.604. The number of rotatable bonds is 6. The Hall–Kier alpha value is -2.69. The van der Waals surface area contributed by atoms with Gasteiger partial charge in [0.15, 0.2) is 5.13 Å². The Labute approximate surface area is 178 Å². The number of ether oxygens (including phenoxy) is 1. The molecule has 1 aromatic heterocycles. The monoisotopic (exact) mass is 446 g/mol. The molecule has 10 heteroatoms. The van der Waals surface area contributed by atoms with Crippen LogP contribution in [0.25, 0.3) is 10.2 Å². The van der Waals surface area contributed by atoms with E-state index in [1.54, 1.807) is 17.4 Å². The maximum atomic E-state index is 12.7. The van der Waals surface area contributed by atoms with Crippen molar-refractivity contribution >= 4 is 48.3 Å². The highest BCUT2D eigenvalue weighted by Gasteiger charge is 2.21. The third kappa shape index (κ3) is 3.98. The van der Waals surface area contributed by atoms with Crippen LogP contribution < -0.4 is 19.7 Å². The number of nitrogens with one attached hydrogen (secondary N) is 2. The first-order valence-corrected chi connectivity index (χ1v) is 11.8. The molecule has 2 N–H and O–H groups in total. The molecule has 0 spiro atoms. The maximum absolute atomic E-state index is 12.7. The van der Waals surface area contributed by atoms with Crippen molar-refractivity contribution in [2.75, 3.05) is 37.5 Å². The molecule has 158 valence electrons. The van der Waals surface area contributed by atoms with Gasteiger partial charge in [0.25, 0.3) is 5.91 Å². The number of hydrogen-bond acceptors (Lipinski definition) is 7. The molecule has 3 aromatic rings. The van der Waals surface area contributed by atoms with E-state index >= 15 is 0 Å². The third-order valence-corrected chi connectivity index (χ3v) is 7.51. The van der Waals surface area contributed by atoms with Gasteiger partial charge < -0.3 is 15.0 Å². The molecule has 0 unspecified atom stereocenters. The van der Waals surface area contributed by atoms with E-state index in [1.165, 1.54) is 45.2 Å². The van der Waals surface area contributed by atoms with Gasteiger partial charge in [-0.1, -0.05) is 11.3 Å². The minimum absolute atomic E-state index is 0.0895. The second-order valence-corrected chi connectivity index (χ2v) is 9.76. The summed E-state index contributed by atoms with van der Waals surface area (Å²) in [6.07, 6.45) is 2.37. The Balaban J connectivity index is 1.59. The Kier molecular flexibility index (Phi) is 5.63. The summed E-state index contributed by atoms with van der Waals surface area (Å²) < 4.78 is 32.8. The molecular formula is C20H22N4O4S2. The number of nitrogens with zero attached hydrogens (tertiary/aromatic N) is 2. The van der Waals surface area contributed by atoms with Crippen LogP contribution in [0.2, 0.25) is 0 Å². The number of fused-ring (bicyclic) bond motifs is 1. The maximum Gasteiger partial charge on any atom is 0.255 e. The highest BCUT2D eigenvalue weighted by molar-refractivity contribution is 7.89. The molecule has 4 rings (SSSR count). The predicted octanol–water partition coefficient (Wildman–Crippen LogP) is 3.07. The number of thiazole rings is 1. The topological polar surface area (TPSA) is 101 Å². The van der Waals surface area contributed by atoms with Crippen molar-refractivity contribution in [2.24, 2.45) is 0 Å². The lowest BCUT2D eigenvalue weighted by Crippen LogP contribution is -2.20. The molecule has 2 aromatic carbocycles. The van der Waals surface area contributed by atoms with Crippen molar-refractivity contribution in [3.05, 3.63) is 42.0 Å². The van der Waals surface area contributed by atoms with Crippen LogP contribution in [0.15, 0.2) is 41.3 Å². The molecule has 30 heavy (non-hydrogen) atoms. The second kappa shape index (κ2) is 8.21. The molecule has 2 heterocycles. The van der Waals surface area contributed by atoms with Crippen LogP contribution in [0.3, 0.4) is 0 Å². The molecular weight excluding hydrogens is 424 g/mol. The van der Waals surface area contributed by atoms with Gasteiger partial charge in [-0.25, -0.2) is 18.1 Å². The van der Waals surface area contributed by atoms with E-state index in [2.05, 4.69) is 19.9 Å². The molecule has 0 atom stereocenters. The predicted molar refractivity (Wildman–Crippen MR) is 118 cm³/mol. The second-order valence-electron chi connectivity index (χ2n) is 6.90. The average Bonchev–Trinajstić information content (AvgIpc) is 3.42. The molecule has 0 saturated carbocycles. The fraction of sp³-hybridized carbons (Fsp3) is 0.300. The van der Waals surface area contributed by atoms with E-state index in [4.69, 9.17) is 4.74 Å². The fourth-order valence-electron chi connectivity index (χ4n) is 3.38. The van der Waals surface area contributed by atoms with Crippen molar-refractivity contribution in [1.29, 1.82) is 0 Å². The van der Waals surface area contributed by atoms with E-state index in [-0.39, 0.29) is 16.2 Å². The molecule has 0 aliphatic carbocycles. The number of carbonyl (C=O) groups excluding carboxylic acids is 1. The van der Waals surface area contributed by atoms with Crippen LogP contribution >= 0.6 is 11.3 Å². The number of carbonyl (C=O) groups is 1. The Morgan fingerprint density at radius 3 is 2.63 bits per heavy atom. The Bertz CT molecular complexity index is 1200. The summed E-state index contributed by atoms with van der Waals surface area (Å²) in [5.41, 5.74) is 1.73. The number of sulfonamides is 1. The number of hydrogen-bond donors (Lipinski definition) is 2. The summed E-state index contributed by atoms with van der Waals surface area (Å²) in [5.74, 6) is -0.241. The first kappa shape index (κ1) is 20.6. The molecule has 1 saturated heterocycles. The number of methoxy groups -OCH3 is 1. The van der Waals surface area contributed by atoms with Gasteiger partial charge in [0.05, 0.1) is 17.3 Å². The van der Waals surface area contributed by atoms with Gasteiger partial charge in [-0.05, 0) is 56.3 Å². The molecule has 1 aliphatic rings. The Morgan fingerprint density at radius 2 is 1.93 bits per heavy atom. The normalized spacial score (nSPS) is 14.3. The smallest absolute Gasteiger partial charge is 0.255 e. The van der Waals surface area contributed by atoms with Crippen LogP contribution in [0.5, 0.6) is 5.75 Å². The fourth-order valence-corrected chi connectivity index (χ4v) is 5.35. The number of anilines is 2. The van der Waals surface area contributed by atoms with E-state index in [1.807, 2.05) is 12.1 Å². The molecule has 1 amide bonds. The first-order valence-electron chi connectivity index (χ1n) is 9.50. The Morgan fingerprint density at radius 1 is 1.17 bits per heavy atom. The molecule has 1 fully saturated rings. The zero-order valence-corrected chi connectivity index (χ0v) is 18.3. The largest absolute Gasteiger partial charge is 0.495 e. The van der Waals surface area contributed by atoms with Crippen LogP contribution in [0.4, 0.5) is 10.8 Å². The highest BCUT2D eigenvalue weighted by atomic mass is 32.2. The average molecular weight is 447 g/mol. The van der Waals surface area contributed by atoms with Crippen LogP contribution in [0.1, 0.15) is 23.2 Å². The van der Waals surface area contributed by atoms with Gasteiger partial charge in [-0.3, -0.25) is 4.79 Å². The first-order chi connectivity index (χ1) is 14.4. The number of amides is 1. The minimum Gasteiger partial charge on any atom is -0.495 e. The van der Waals surface area contributed by atoms with Gasteiger partial charge in [-0.15, -0.1) is 0 Å². The van der Waals surface area contributed by atoms with Gasteiger partial charge in [0.1, 0.15) is 10.6 Å². The van der Waals surface area contributed by atoms with Crippen molar-refractivity contribution < 1.29 is 17.9 Å². The van der Waals surface area contributed by atoms with E-state index in [0.717, 1.165) is 28.4 Å². The van der Waals surface area contributed by atoms with E-state index < -0.39 is 15.9 Å². The molecule has 0 radical (unpaired) electrons. The molecule has 0 bridgehead atoms. The lowest BCUT2D eigenvalue weighted by Gasteiger charge is -2.11. The standard InChI is InChI=1S/C20H22N4O4S2/c1-21-30(26,27)18-11-13(5-8-16(18)28-2)19(25)22-14-6-7-15-17(12-14)29-20(23-15)24-9-3-4-10-24/h5-8,11-12,21H,3-4,9-10H2,1-2H3,(H,22,25). The van der Waals surface area contributed by atoms with Crippen molar-refractivity contribution in [3.8, 4) is 5.75 Å². The number of benzene rings is 2. The molecule has 8 nitrogen and oxygen atoms in total. The summed E-state index contributed by atoms with van der Waals surface area (Å²) in [6.45, 7) is 2.05. The lowest BCUT2D eigenvalue weighted by atomic mass is 10.2. The van der Waals surface area contributed by atoms with Crippen LogP contribution in [-0.4, -0.2) is 46.6 Å². The highest BCUT2D eigenvalue weighted by Crippen LogP contribution is 2.32. The minimum atomic E-state index is -3.77. The summed E-state index contributed by atoms with van der Waals surface area (Å²) in [4.78, 5) is 19.6. The summed E-state index contributed by atoms with van der Waals surface area (Å²) in [7, 11) is -1.08. The van der Waals surface area contributed by atoms with E-state index in [0.29, 0.717) is 5.69 Å². The third-order valence-electron chi connectivity index (χ3n) is 5.00. The van der Waals surface area contributed by atoms with Gasteiger partial charge >= 0.3 is 0 Å². The van der Waals surface area contributed by atoms with Crippen LogP contribution in [0, 0.1) is 0 Å². The van der Waals surface area contributed by atoms with Gasteiger partial charge in [0, 0.05) is 24.3 Å². The molecule has 1 aliphatic heterocycles. The summed E-state index contributed by atoms with van der Waals surface area (Å²) in [6, 6.07) is 9.86. The summed E-state index contributed by atoms with van der Waals surface area (Å²) in [5, 5.41) is 3.84. The van der Waals surface area contributed by atoms with Crippen molar-refractivity contribution in [2.45, 2.75) is 17.7 Å². The van der Waals surface area contributed by atoms with Crippen LogP contribution in [-0.2, 0) is 10.0 Å². The van der Waals surface area contributed by atoms with Crippen molar-refractivity contribution in [1.82, 2.24) is 9.71 Å². The lowest BCUT2D eigenvalue weighted by molar-refractivity contribution is 0.102. The SMILES string of the molecule is CNS(=O)(=O)c1cc(C(=O)Nc2ccc3nc(N4CCCC4)sc3c2)ccc1OC. The van der Waals surface area contributed by atoms with Gasteiger partial charge in [-0.2, -0.15) is 0 Å². The van der Waals surface area contributed by atoms with E-state index in [9.17, 15) is 13.2 Å². The number of aromatic nitrogens is 1. The van der Waals surface area contributed by atoms with Gasteiger partial charge in [0.2, 0.25) is 10.0 Å².